The van der Waals surface area contributed by atoms with Gasteiger partial charge in [-0.05, 0) is 0 Å². The van der Waals surface area contributed by atoms with Crippen molar-refractivity contribution in [2.24, 2.45) is 5.92 Å². The van der Waals surface area contributed by atoms with Gasteiger partial charge in [-0.3, -0.25) is 0 Å². The molecule has 10 heteroatoms. The number of carbonyl (C=O) groups is 2. The molecule has 18 heavy (non-hydrogen) atoms. The fourth-order valence-electron chi connectivity index (χ4n) is 0.648. The third-order valence-corrected chi connectivity index (χ3v) is 2.39. The quantitative estimate of drug-likeness (QED) is 0.553. The monoisotopic (exact) mass is 378 g/mol. The molecule has 0 aromatic rings. The standard InChI is InChI=1S/C8H8Cl6O4/c1-4(2-17-5(15)7(9,10)11)3-18-6(16)8(12,13)14/h4H,2-3H2,1H3. The molecule has 0 N–H and O–H groups in total. The average Bonchev–Trinajstić information content (AvgIpc) is 2.19. The van der Waals surface area contributed by atoms with Crippen molar-refractivity contribution in [2.45, 2.75) is 14.5 Å². The molecule has 0 aromatic carbocycles. The lowest BCUT2D eigenvalue weighted by atomic mass is 10.2. The summed E-state index contributed by atoms with van der Waals surface area (Å²) in [4.78, 5) is 22.2. The predicted molar refractivity (Wildman–Crippen MR) is 71.7 cm³/mol. The van der Waals surface area contributed by atoms with E-state index in [2.05, 4.69) is 9.47 Å². The first-order chi connectivity index (χ1) is 7.94. The molecule has 0 radical (unpaired) electrons. The Morgan fingerprint density at radius 2 is 1.17 bits per heavy atom. The number of esters is 2. The van der Waals surface area contributed by atoms with Crippen LogP contribution in [0.15, 0.2) is 0 Å². The molecule has 4 nitrogen and oxygen atoms in total. The minimum atomic E-state index is -2.14. The van der Waals surface area contributed by atoms with Gasteiger partial charge < -0.3 is 9.47 Å². The van der Waals surface area contributed by atoms with Crippen LogP contribution in [0.3, 0.4) is 0 Å². The lowest BCUT2D eigenvalue weighted by molar-refractivity contribution is -0.147. The topological polar surface area (TPSA) is 52.6 Å². The molecular formula is C8H8Cl6O4. The van der Waals surface area contributed by atoms with Gasteiger partial charge in [-0.2, -0.15) is 0 Å². The van der Waals surface area contributed by atoms with Crippen LogP contribution in [-0.4, -0.2) is 32.7 Å². The molecule has 0 fully saturated rings. The van der Waals surface area contributed by atoms with Gasteiger partial charge in [0.2, 0.25) is 0 Å². The summed E-state index contributed by atoms with van der Waals surface area (Å²) >= 11 is 31.6. The Hall–Kier alpha value is 0.680. The summed E-state index contributed by atoms with van der Waals surface area (Å²) in [5.74, 6) is -2.39. The van der Waals surface area contributed by atoms with E-state index in [1.807, 2.05) is 0 Å². The Kier molecular flexibility index (Phi) is 7.74. The minimum absolute atomic E-state index is 0.111. The SMILES string of the molecule is CC(COC(=O)C(Cl)(Cl)Cl)COC(=O)C(Cl)(Cl)Cl. The van der Waals surface area contributed by atoms with Crippen molar-refractivity contribution in [2.75, 3.05) is 13.2 Å². The van der Waals surface area contributed by atoms with Gasteiger partial charge in [0, 0.05) is 5.92 Å². The molecular weight excluding hydrogens is 373 g/mol. The predicted octanol–water partition coefficient (Wildman–Crippen LogP) is 3.45. The van der Waals surface area contributed by atoms with Crippen LogP contribution in [0.25, 0.3) is 0 Å². The van der Waals surface area contributed by atoms with Gasteiger partial charge >= 0.3 is 11.9 Å². The van der Waals surface area contributed by atoms with Crippen LogP contribution in [-0.2, 0) is 19.1 Å². The highest BCUT2D eigenvalue weighted by Crippen LogP contribution is 2.28. The largest absolute Gasteiger partial charge is 0.462 e. The summed E-state index contributed by atoms with van der Waals surface area (Å²) < 4.78 is 5.03. The third kappa shape index (κ3) is 7.97. The molecule has 0 unspecified atom stereocenters. The zero-order chi connectivity index (χ0) is 14.6. The lowest BCUT2D eigenvalue weighted by Crippen LogP contribution is -2.28. The van der Waals surface area contributed by atoms with Gasteiger partial charge in [-0.1, -0.05) is 76.5 Å². The molecule has 0 aliphatic rings. The van der Waals surface area contributed by atoms with E-state index in [1.54, 1.807) is 6.92 Å². The molecule has 0 aliphatic carbocycles. The Morgan fingerprint density at radius 1 is 0.889 bits per heavy atom. The Bertz CT molecular complexity index is 278. The maximum Gasteiger partial charge on any atom is 0.358 e. The van der Waals surface area contributed by atoms with E-state index in [-0.39, 0.29) is 19.1 Å². The first-order valence-electron chi connectivity index (χ1n) is 4.42. The molecule has 0 heterocycles. The molecule has 0 bridgehead atoms. The summed E-state index contributed by atoms with van der Waals surface area (Å²) in [5, 5.41) is 0. The summed E-state index contributed by atoms with van der Waals surface area (Å²) in [6.07, 6.45) is 0. The number of hydrogen-bond acceptors (Lipinski definition) is 4. The van der Waals surface area contributed by atoms with Crippen molar-refractivity contribution in [3.63, 3.8) is 0 Å². The maximum atomic E-state index is 11.1. The van der Waals surface area contributed by atoms with E-state index in [9.17, 15) is 9.59 Å². The zero-order valence-electron chi connectivity index (χ0n) is 8.89. The highest BCUT2D eigenvalue weighted by Gasteiger charge is 2.34. The van der Waals surface area contributed by atoms with Gasteiger partial charge in [-0.15, -0.1) is 0 Å². The fourth-order valence-corrected chi connectivity index (χ4v) is 0.975. The molecule has 0 amide bonds. The number of alkyl halides is 6. The van der Waals surface area contributed by atoms with E-state index >= 15 is 0 Å². The van der Waals surface area contributed by atoms with Crippen molar-refractivity contribution in [1.29, 1.82) is 0 Å². The number of ether oxygens (including phenoxy) is 2. The van der Waals surface area contributed by atoms with Crippen LogP contribution in [0.4, 0.5) is 0 Å². The van der Waals surface area contributed by atoms with Gasteiger partial charge in [0.05, 0.1) is 13.2 Å². The molecule has 106 valence electrons. The van der Waals surface area contributed by atoms with Crippen LogP contribution in [0.2, 0.25) is 0 Å². The molecule has 0 atom stereocenters. The van der Waals surface area contributed by atoms with E-state index < -0.39 is 19.5 Å². The normalized spacial score (nSPS) is 12.4. The van der Waals surface area contributed by atoms with Crippen LogP contribution < -0.4 is 0 Å². The molecule has 0 rings (SSSR count). The third-order valence-electron chi connectivity index (χ3n) is 1.46. The van der Waals surface area contributed by atoms with Crippen molar-refractivity contribution in [1.82, 2.24) is 0 Å². The van der Waals surface area contributed by atoms with E-state index in [0.717, 1.165) is 0 Å². The highest BCUT2D eigenvalue weighted by molar-refractivity contribution is 6.76. The Labute approximate surface area is 134 Å². The van der Waals surface area contributed by atoms with Crippen LogP contribution in [0.5, 0.6) is 0 Å². The summed E-state index contributed by atoms with van der Waals surface area (Å²) in [6, 6.07) is 0. The van der Waals surface area contributed by atoms with Crippen molar-refractivity contribution in [3.8, 4) is 0 Å². The smallest absolute Gasteiger partial charge is 0.358 e. The minimum Gasteiger partial charge on any atom is -0.462 e. The fraction of sp³-hybridized carbons (Fsp3) is 0.750. The van der Waals surface area contributed by atoms with Crippen LogP contribution in [0, 0.1) is 5.92 Å². The summed E-state index contributed by atoms with van der Waals surface area (Å²) in [5.41, 5.74) is 0. The molecule has 0 saturated heterocycles. The number of halogens is 6. The Balaban J connectivity index is 3.97. The second-order valence-electron chi connectivity index (χ2n) is 3.30. The first kappa shape index (κ1) is 18.7. The van der Waals surface area contributed by atoms with Gasteiger partial charge in [0.15, 0.2) is 0 Å². The van der Waals surface area contributed by atoms with Crippen LogP contribution >= 0.6 is 69.6 Å². The molecule has 0 spiro atoms. The zero-order valence-corrected chi connectivity index (χ0v) is 13.4. The lowest BCUT2D eigenvalue weighted by Gasteiger charge is -2.16. The van der Waals surface area contributed by atoms with E-state index in [1.165, 1.54) is 0 Å². The van der Waals surface area contributed by atoms with E-state index in [4.69, 9.17) is 69.6 Å². The number of hydrogen-bond donors (Lipinski definition) is 0. The van der Waals surface area contributed by atoms with Crippen molar-refractivity contribution < 1.29 is 19.1 Å². The number of carbonyl (C=O) groups excluding carboxylic acids is 2. The highest BCUT2D eigenvalue weighted by atomic mass is 35.6. The van der Waals surface area contributed by atoms with Crippen LogP contribution in [0.1, 0.15) is 6.92 Å². The second kappa shape index (κ2) is 7.46. The van der Waals surface area contributed by atoms with Gasteiger partial charge in [-0.25, -0.2) is 9.59 Å². The van der Waals surface area contributed by atoms with Crippen molar-refractivity contribution in [3.05, 3.63) is 0 Å². The van der Waals surface area contributed by atoms with Gasteiger partial charge in [0.25, 0.3) is 7.59 Å². The average molecular weight is 381 g/mol. The molecule has 0 aromatic heterocycles. The maximum absolute atomic E-state index is 11.1. The number of rotatable bonds is 4. The summed E-state index contributed by atoms with van der Waals surface area (Å²) in [7, 11) is 0. The van der Waals surface area contributed by atoms with Gasteiger partial charge in [0.1, 0.15) is 0 Å². The van der Waals surface area contributed by atoms with E-state index in [0.29, 0.717) is 0 Å². The Morgan fingerprint density at radius 3 is 1.39 bits per heavy atom. The first-order valence-corrected chi connectivity index (χ1v) is 6.69. The molecule has 0 saturated carbocycles. The summed E-state index contributed by atoms with van der Waals surface area (Å²) in [6.45, 7) is 1.40. The second-order valence-corrected chi connectivity index (χ2v) is 7.86. The van der Waals surface area contributed by atoms with Crippen molar-refractivity contribution >= 4 is 81.5 Å². The molecule has 0 aliphatic heterocycles.